The van der Waals surface area contributed by atoms with E-state index >= 15 is 0 Å². The number of anilines is 2. The van der Waals surface area contributed by atoms with Gasteiger partial charge in [-0.05, 0) is 169 Å². The number of aliphatic imine (C=N–C) groups is 1. The molecule has 3 aromatic carbocycles. The van der Waals surface area contributed by atoms with Gasteiger partial charge in [0.05, 0.1) is 5.44 Å². The molecule has 3 nitrogen and oxygen atoms in total. The normalized spacial score (nSPS) is 17.4. The number of amidine groups is 1. The molecule has 4 rings (SSSR count). The van der Waals surface area contributed by atoms with Crippen molar-refractivity contribution in [3.8, 4) is 0 Å². The molecule has 0 bridgehead atoms. The quantitative estimate of drug-likeness (QED) is 0.0613. The van der Waals surface area contributed by atoms with Gasteiger partial charge in [0.2, 0.25) is 0 Å². The van der Waals surface area contributed by atoms with Gasteiger partial charge in [0, 0.05) is 11.4 Å². The van der Waals surface area contributed by atoms with Crippen LogP contribution in [-0.2, 0) is 23.7 Å². The molecule has 1 aliphatic rings. The van der Waals surface area contributed by atoms with Crippen molar-refractivity contribution in [3.63, 3.8) is 0 Å². The van der Waals surface area contributed by atoms with Gasteiger partial charge in [-0.3, -0.25) is 0 Å². The van der Waals surface area contributed by atoms with Crippen LogP contribution in [0.5, 0.6) is 0 Å². The van der Waals surface area contributed by atoms with Crippen LogP contribution in [0, 0.1) is 19.8 Å². The summed E-state index contributed by atoms with van der Waals surface area (Å²) in [4.78, 5) is 4.81. The molecule has 0 heterocycles. The highest BCUT2D eigenvalue weighted by Crippen LogP contribution is 2.49. The van der Waals surface area contributed by atoms with Crippen LogP contribution in [0.15, 0.2) is 94.6 Å². The smallest absolute Gasteiger partial charge is 0.103 e. The summed E-state index contributed by atoms with van der Waals surface area (Å²) in [6.45, 7) is 32.7. The van der Waals surface area contributed by atoms with Gasteiger partial charge in [0.1, 0.15) is 5.84 Å². The Balaban J connectivity index is 0.000000313. The number of rotatable bonds is 8. The second kappa shape index (κ2) is 17.5. The molecule has 0 aliphatic heterocycles. The molecule has 0 saturated carbocycles. The second-order valence-corrected chi connectivity index (χ2v) is 16.0. The van der Waals surface area contributed by atoms with E-state index in [-0.39, 0.29) is 10.8 Å². The van der Waals surface area contributed by atoms with Gasteiger partial charge >= 0.3 is 0 Å². The van der Waals surface area contributed by atoms with Crippen LogP contribution >= 0.6 is 9.24 Å². The topological polar surface area (TPSA) is 50.4 Å². The van der Waals surface area contributed by atoms with Crippen molar-refractivity contribution in [2.24, 2.45) is 10.9 Å². The van der Waals surface area contributed by atoms with E-state index in [2.05, 4.69) is 146 Å². The molecular weight excluding hydrogens is 638 g/mol. The molecule has 0 aromatic heterocycles. The summed E-state index contributed by atoms with van der Waals surface area (Å²) in [7, 11) is 2.78. The minimum absolute atomic E-state index is 0.252. The first-order valence-electron chi connectivity index (χ1n) is 18.5. The van der Waals surface area contributed by atoms with Gasteiger partial charge < -0.3 is 11.1 Å². The van der Waals surface area contributed by atoms with Crippen molar-refractivity contribution >= 4 is 38.1 Å². The van der Waals surface area contributed by atoms with E-state index in [1.54, 1.807) is 0 Å². The molecule has 1 aliphatic carbocycles. The predicted octanol–water partition coefficient (Wildman–Crippen LogP) is 13.1. The van der Waals surface area contributed by atoms with Crippen LogP contribution in [0.4, 0.5) is 11.4 Å². The third kappa shape index (κ3) is 10.1. The number of benzene rings is 3. The average Bonchev–Trinajstić information content (AvgIpc) is 3.07. The van der Waals surface area contributed by atoms with Crippen LogP contribution in [0.2, 0.25) is 0 Å². The highest BCUT2D eigenvalue weighted by molar-refractivity contribution is 7.22. The number of allylic oxidation sites excluding steroid dienone is 5. The summed E-state index contributed by atoms with van der Waals surface area (Å²) in [6.07, 6.45) is 9.60. The number of nitrogens with zero attached hydrogens (tertiary/aromatic N) is 1. The highest BCUT2D eigenvalue weighted by atomic mass is 31.0. The van der Waals surface area contributed by atoms with Gasteiger partial charge in [0.25, 0.3) is 0 Å². The van der Waals surface area contributed by atoms with Gasteiger partial charge in [-0.2, -0.15) is 0 Å². The fourth-order valence-corrected chi connectivity index (χ4v) is 7.64. The minimum atomic E-state index is 0.252. The number of hydrogen-bond donors (Lipinski definition) is 2. The number of nitrogen functional groups attached to an aromatic ring is 1. The van der Waals surface area contributed by atoms with Crippen LogP contribution in [0.1, 0.15) is 127 Å². The summed E-state index contributed by atoms with van der Waals surface area (Å²) < 4.78 is 0. The van der Waals surface area contributed by atoms with E-state index in [9.17, 15) is 0 Å². The molecule has 2 atom stereocenters. The Hall–Kier alpha value is -3.90. The van der Waals surface area contributed by atoms with E-state index in [1.165, 1.54) is 50.9 Å². The lowest BCUT2D eigenvalue weighted by atomic mass is 9.58. The summed E-state index contributed by atoms with van der Waals surface area (Å²) in [5.74, 6) is 1.58. The molecule has 0 radical (unpaired) electrons. The zero-order chi connectivity index (χ0) is 38.3. The van der Waals surface area contributed by atoms with Crippen molar-refractivity contribution in [1.82, 2.24) is 0 Å². The molecule has 0 spiro atoms. The first-order chi connectivity index (χ1) is 23.9. The van der Waals surface area contributed by atoms with E-state index in [4.69, 9.17) is 10.7 Å². The maximum absolute atomic E-state index is 5.97. The summed E-state index contributed by atoms with van der Waals surface area (Å²) >= 11 is 0. The van der Waals surface area contributed by atoms with Crippen molar-refractivity contribution in [2.45, 2.75) is 120 Å². The molecule has 3 aromatic rings. The first-order valence-corrected chi connectivity index (χ1v) is 19.1. The number of hydrogen-bond acceptors (Lipinski definition) is 2. The first kappa shape index (κ1) is 41.5. The Morgan fingerprint density at radius 2 is 1.63 bits per heavy atom. The van der Waals surface area contributed by atoms with Gasteiger partial charge in [-0.25, -0.2) is 4.99 Å². The lowest BCUT2D eigenvalue weighted by Crippen LogP contribution is -2.40. The lowest BCUT2D eigenvalue weighted by Gasteiger charge is -2.47. The minimum Gasteiger partial charge on any atom is -0.399 e. The molecular formula is C47H64N3P. The third-order valence-electron chi connectivity index (χ3n) is 11.0. The maximum Gasteiger partial charge on any atom is 0.103 e. The van der Waals surface area contributed by atoms with E-state index in [0.717, 1.165) is 52.2 Å². The van der Waals surface area contributed by atoms with Crippen molar-refractivity contribution < 1.29 is 0 Å². The number of fused-ring (bicyclic) bond motifs is 1. The fraction of sp³-hybridized carbons (Fsp3) is 0.404. The summed E-state index contributed by atoms with van der Waals surface area (Å²) in [5.41, 5.74) is 26.5. The van der Waals surface area contributed by atoms with Crippen LogP contribution in [-0.4, -0.2) is 5.84 Å². The molecule has 4 heteroatoms. The van der Waals surface area contributed by atoms with E-state index in [1.807, 2.05) is 38.1 Å². The monoisotopic (exact) mass is 701 g/mol. The second-order valence-electron chi connectivity index (χ2n) is 15.5. The number of nitrogens with one attached hydrogen (secondary N) is 1. The standard InChI is InChI=1S/C28H38N3P.C19H26/c1-8-22-16-27(17-23(9-2)20(22)6)30-21(7)31-28(32)19(5)18(4)14-24(10-3)25-12-11-13-26(29)15-25;1-8-9-15-11-16-17(10-13(15)2)19(6,7)14(3)12-18(16,4)5/h10-17H,8-9,29,32H2,1-7H3,(H,30,31);9-11,14H,1,12H2,2-7H3/b18-14+,24-10+,28-19-;. The SMILES string of the molecule is C=C=Cc1cc2c(cc1C)C(C)(C)C(C)CC2(C)C.C\C=C(/C=C(C)/C(C)=C(P)/N=C(\C)Nc1cc(CC)c(C)c(CC)c1)c1cccc(N)c1. The highest BCUT2D eigenvalue weighted by Gasteiger charge is 2.42. The van der Waals surface area contributed by atoms with Gasteiger partial charge in [-0.15, -0.1) is 5.73 Å². The molecule has 0 fully saturated rings. The van der Waals surface area contributed by atoms with Gasteiger partial charge in [-0.1, -0.05) is 101 Å². The molecule has 0 amide bonds. The fourth-order valence-electron chi connectivity index (χ4n) is 7.22. The van der Waals surface area contributed by atoms with E-state index < -0.39 is 0 Å². The molecule has 3 N–H and O–H groups in total. The molecule has 272 valence electrons. The van der Waals surface area contributed by atoms with Crippen LogP contribution in [0.3, 0.4) is 0 Å². The summed E-state index contributed by atoms with van der Waals surface area (Å²) in [6, 6.07) is 17.2. The molecule has 0 saturated heterocycles. The Morgan fingerprint density at radius 1 is 1.00 bits per heavy atom. The predicted molar refractivity (Wildman–Crippen MR) is 232 cm³/mol. The number of aryl methyl sites for hydroxylation is 3. The van der Waals surface area contributed by atoms with Gasteiger partial charge in [0.15, 0.2) is 0 Å². The Bertz CT molecular complexity index is 1880. The van der Waals surface area contributed by atoms with E-state index in [0.29, 0.717) is 5.92 Å². The zero-order valence-electron chi connectivity index (χ0n) is 33.9. The van der Waals surface area contributed by atoms with Crippen molar-refractivity contribution in [1.29, 1.82) is 0 Å². The number of nitrogens with two attached hydrogens (primary N) is 1. The van der Waals surface area contributed by atoms with Crippen molar-refractivity contribution in [2.75, 3.05) is 11.1 Å². The summed E-state index contributed by atoms with van der Waals surface area (Å²) in [5, 5.41) is 3.49. The van der Waals surface area contributed by atoms with Crippen molar-refractivity contribution in [3.05, 3.63) is 134 Å². The van der Waals surface area contributed by atoms with Crippen LogP contribution in [0.25, 0.3) is 11.6 Å². The largest absolute Gasteiger partial charge is 0.399 e. The molecule has 51 heavy (non-hydrogen) atoms. The third-order valence-corrected chi connectivity index (χ3v) is 11.6. The zero-order valence-corrected chi connectivity index (χ0v) is 35.0. The van der Waals surface area contributed by atoms with Crippen LogP contribution < -0.4 is 11.1 Å². The molecule has 2 unspecified atom stereocenters. The lowest BCUT2D eigenvalue weighted by molar-refractivity contribution is 0.233. The Kier molecular flexibility index (Phi) is 14.3. The average molecular weight is 702 g/mol. The Morgan fingerprint density at radius 3 is 2.18 bits per heavy atom. The Labute approximate surface area is 313 Å². The maximum atomic E-state index is 5.97.